The second-order valence-corrected chi connectivity index (χ2v) is 6.11. The maximum absolute atomic E-state index is 11.5. The molecular weight excluding hydrogens is 214 g/mol. The first-order chi connectivity index (χ1) is 7.70. The van der Waals surface area contributed by atoms with Crippen molar-refractivity contribution in [1.82, 2.24) is 4.73 Å². The molecular formula is C14H23NO2. The molecule has 0 saturated carbocycles. The fraction of sp³-hybridized carbons (Fsp3) is 0.643. The molecule has 96 valence electrons. The van der Waals surface area contributed by atoms with Crippen LogP contribution in [0, 0.1) is 12.3 Å². The molecule has 1 atom stereocenters. The Morgan fingerprint density at radius 3 is 2.47 bits per heavy atom. The van der Waals surface area contributed by atoms with Gasteiger partial charge >= 0.3 is 0 Å². The van der Waals surface area contributed by atoms with Crippen molar-refractivity contribution >= 4 is 0 Å². The van der Waals surface area contributed by atoms with Crippen LogP contribution >= 0.6 is 0 Å². The summed E-state index contributed by atoms with van der Waals surface area (Å²) in [4.78, 5) is 11.5. The van der Waals surface area contributed by atoms with E-state index in [1.165, 1.54) is 6.07 Å². The van der Waals surface area contributed by atoms with Crippen LogP contribution in [0.3, 0.4) is 0 Å². The molecule has 1 rings (SSSR count). The Hall–Kier alpha value is -1.25. The van der Waals surface area contributed by atoms with E-state index in [4.69, 9.17) is 0 Å². The van der Waals surface area contributed by atoms with Gasteiger partial charge in [-0.2, -0.15) is 4.73 Å². The predicted octanol–water partition coefficient (Wildman–Crippen LogP) is 3.32. The minimum absolute atomic E-state index is 0.187. The summed E-state index contributed by atoms with van der Waals surface area (Å²) in [5, 5.41) is 9.73. The summed E-state index contributed by atoms with van der Waals surface area (Å²) >= 11 is 0. The highest BCUT2D eigenvalue weighted by Gasteiger charge is 2.16. The molecule has 17 heavy (non-hydrogen) atoms. The summed E-state index contributed by atoms with van der Waals surface area (Å²) in [6, 6.07) is 3.33. The van der Waals surface area contributed by atoms with Crippen molar-refractivity contribution in [2.75, 3.05) is 0 Å². The Labute approximate surface area is 103 Å². The summed E-state index contributed by atoms with van der Waals surface area (Å²) in [5.74, 6) is 0.187. The van der Waals surface area contributed by atoms with Crippen LogP contribution in [0.25, 0.3) is 0 Å². The van der Waals surface area contributed by atoms with Gasteiger partial charge in [-0.25, -0.2) is 0 Å². The van der Waals surface area contributed by atoms with E-state index in [-0.39, 0.29) is 16.9 Å². The summed E-state index contributed by atoms with van der Waals surface area (Å²) < 4.78 is 0.778. The van der Waals surface area contributed by atoms with E-state index in [9.17, 15) is 10.0 Å². The second kappa shape index (κ2) is 4.94. The second-order valence-electron chi connectivity index (χ2n) is 6.11. The summed E-state index contributed by atoms with van der Waals surface area (Å²) in [7, 11) is 0. The van der Waals surface area contributed by atoms with Gasteiger partial charge in [0.2, 0.25) is 0 Å². The van der Waals surface area contributed by atoms with E-state index in [0.29, 0.717) is 5.69 Å². The van der Waals surface area contributed by atoms with E-state index >= 15 is 0 Å². The van der Waals surface area contributed by atoms with E-state index in [2.05, 4.69) is 20.8 Å². The van der Waals surface area contributed by atoms with Crippen LogP contribution in [-0.4, -0.2) is 9.94 Å². The molecule has 0 aliphatic carbocycles. The van der Waals surface area contributed by atoms with Crippen molar-refractivity contribution in [3.8, 4) is 0 Å². The highest BCUT2D eigenvalue weighted by Crippen LogP contribution is 2.28. The van der Waals surface area contributed by atoms with Crippen LogP contribution in [0.2, 0.25) is 0 Å². The van der Waals surface area contributed by atoms with Crippen LogP contribution in [0.5, 0.6) is 0 Å². The fourth-order valence-electron chi connectivity index (χ4n) is 1.87. The zero-order valence-electron chi connectivity index (χ0n) is 11.4. The van der Waals surface area contributed by atoms with Crippen LogP contribution in [0.1, 0.15) is 57.7 Å². The number of hydrogen-bond donors (Lipinski definition) is 1. The van der Waals surface area contributed by atoms with Gasteiger partial charge < -0.3 is 5.21 Å². The zero-order valence-corrected chi connectivity index (χ0v) is 11.4. The normalized spacial score (nSPS) is 13.7. The number of hydrogen-bond acceptors (Lipinski definition) is 2. The lowest BCUT2D eigenvalue weighted by Crippen LogP contribution is -2.22. The predicted molar refractivity (Wildman–Crippen MR) is 69.7 cm³/mol. The molecule has 0 amide bonds. The smallest absolute Gasteiger partial charge is 0.283 e. The quantitative estimate of drug-likeness (QED) is 0.819. The van der Waals surface area contributed by atoms with Gasteiger partial charge in [0.15, 0.2) is 0 Å². The van der Waals surface area contributed by atoms with Crippen molar-refractivity contribution in [1.29, 1.82) is 0 Å². The lowest BCUT2D eigenvalue weighted by atomic mass is 9.86. The third kappa shape index (κ3) is 3.91. The van der Waals surface area contributed by atoms with Gasteiger partial charge in [-0.1, -0.05) is 27.7 Å². The van der Waals surface area contributed by atoms with Gasteiger partial charge in [0.1, 0.15) is 0 Å². The SMILES string of the molecule is Cc1cc(C(C)CCC(C)(C)C)n(O)c(=O)c1. The molecule has 0 spiro atoms. The Bertz CT molecular complexity index is 441. The topological polar surface area (TPSA) is 42.2 Å². The molecule has 3 heteroatoms. The van der Waals surface area contributed by atoms with Gasteiger partial charge in [0, 0.05) is 6.07 Å². The molecule has 0 fully saturated rings. The summed E-state index contributed by atoms with van der Waals surface area (Å²) in [5.41, 5.74) is 1.54. The highest BCUT2D eigenvalue weighted by atomic mass is 16.5. The molecule has 0 aromatic carbocycles. The first-order valence-electron chi connectivity index (χ1n) is 6.13. The molecule has 1 heterocycles. The minimum Gasteiger partial charge on any atom is -0.425 e. The summed E-state index contributed by atoms with van der Waals surface area (Å²) in [6.07, 6.45) is 2.03. The van der Waals surface area contributed by atoms with Gasteiger partial charge in [-0.3, -0.25) is 4.79 Å². The van der Waals surface area contributed by atoms with E-state index in [1.807, 2.05) is 19.9 Å². The van der Waals surface area contributed by atoms with Gasteiger partial charge in [-0.15, -0.1) is 0 Å². The van der Waals surface area contributed by atoms with E-state index in [1.54, 1.807) is 0 Å². The Morgan fingerprint density at radius 1 is 1.35 bits per heavy atom. The minimum atomic E-state index is -0.345. The molecule has 0 radical (unpaired) electrons. The molecule has 0 aliphatic rings. The van der Waals surface area contributed by atoms with Crippen LogP contribution in [0.15, 0.2) is 16.9 Å². The maximum atomic E-state index is 11.5. The van der Waals surface area contributed by atoms with Gasteiger partial charge in [-0.05, 0) is 42.7 Å². The molecule has 1 aromatic rings. The maximum Gasteiger partial charge on any atom is 0.283 e. The lowest BCUT2D eigenvalue weighted by molar-refractivity contribution is 0.159. The van der Waals surface area contributed by atoms with Crippen molar-refractivity contribution in [2.24, 2.45) is 5.41 Å². The Balaban J connectivity index is 2.89. The first-order valence-corrected chi connectivity index (χ1v) is 6.13. The first kappa shape index (κ1) is 13.8. The molecule has 1 aromatic heterocycles. The monoisotopic (exact) mass is 237 g/mol. The molecule has 0 aliphatic heterocycles. The largest absolute Gasteiger partial charge is 0.425 e. The number of pyridine rings is 1. The van der Waals surface area contributed by atoms with Crippen molar-refractivity contribution < 1.29 is 5.21 Å². The average molecular weight is 237 g/mol. The molecule has 0 saturated heterocycles. The van der Waals surface area contributed by atoms with Crippen LogP contribution in [-0.2, 0) is 0 Å². The van der Waals surface area contributed by atoms with Crippen LogP contribution < -0.4 is 5.56 Å². The number of aromatic nitrogens is 1. The summed E-state index contributed by atoms with van der Waals surface area (Å²) in [6.45, 7) is 10.5. The van der Waals surface area contributed by atoms with Gasteiger partial charge in [0.25, 0.3) is 5.56 Å². The Kier molecular flexibility index (Phi) is 4.02. The van der Waals surface area contributed by atoms with Crippen molar-refractivity contribution in [3.05, 3.63) is 33.7 Å². The third-order valence-corrected chi connectivity index (χ3v) is 3.01. The molecule has 1 unspecified atom stereocenters. The molecule has 0 bridgehead atoms. The third-order valence-electron chi connectivity index (χ3n) is 3.01. The molecule has 3 nitrogen and oxygen atoms in total. The lowest BCUT2D eigenvalue weighted by Gasteiger charge is -2.21. The van der Waals surface area contributed by atoms with E-state index in [0.717, 1.165) is 23.1 Å². The number of rotatable bonds is 3. The van der Waals surface area contributed by atoms with Crippen molar-refractivity contribution in [3.63, 3.8) is 0 Å². The number of aryl methyl sites for hydroxylation is 1. The highest BCUT2D eigenvalue weighted by molar-refractivity contribution is 5.18. The van der Waals surface area contributed by atoms with Crippen LogP contribution in [0.4, 0.5) is 0 Å². The van der Waals surface area contributed by atoms with E-state index < -0.39 is 0 Å². The molecule has 1 N–H and O–H groups in total. The average Bonchev–Trinajstić information content (AvgIpc) is 2.19. The zero-order chi connectivity index (χ0) is 13.2. The number of nitrogens with zero attached hydrogens (tertiary/aromatic N) is 1. The van der Waals surface area contributed by atoms with Crippen molar-refractivity contribution in [2.45, 2.75) is 53.4 Å². The Morgan fingerprint density at radius 2 is 1.94 bits per heavy atom. The van der Waals surface area contributed by atoms with Gasteiger partial charge in [0.05, 0.1) is 5.69 Å². The standard InChI is InChI=1S/C14H23NO2/c1-10-8-12(15(17)13(16)9-10)11(2)6-7-14(3,4)5/h8-9,11,17H,6-7H2,1-5H3. The fourth-order valence-corrected chi connectivity index (χ4v) is 1.87.